The highest BCUT2D eigenvalue weighted by Gasteiger charge is 2.35. The van der Waals surface area contributed by atoms with Crippen LogP contribution in [0.15, 0.2) is 29.2 Å². The van der Waals surface area contributed by atoms with Crippen molar-refractivity contribution in [3.63, 3.8) is 0 Å². The molecule has 1 aliphatic rings. The van der Waals surface area contributed by atoms with E-state index < -0.39 is 15.9 Å². The van der Waals surface area contributed by atoms with E-state index in [2.05, 4.69) is 0 Å². The lowest BCUT2D eigenvalue weighted by Crippen LogP contribution is -2.28. The van der Waals surface area contributed by atoms with Crippen LogP contribution in [0.2, 0.25) is 0 Å². The van der Waals surface area contributed by atoms with Gasteiger partial charge >= 0.3 is 0 Å². The zero-order chi connectivity index (χ0) is 10.3. The Kier molecular flexibility index (Phi) is 1.85. The Morgan fingerprint density at radius 3 is 2.57 bits per heavy atom. The third-order valence-corrected chi connectivity index (χ3v) is 4.13. The van der Waals surface area contributed by atoms with Crippen molar-refractivity contribution in [2.75, 3.05) is 0 Å². The quantitative estimate of drug-likeness (QED) is 0.636. The monoisotopic (exact) mass is 211 g/mol. The average Bonchev–Trinajstić information content (AvgIpc) is 2.39. The lowest BCUT2D eigenvalue weighted by Gasteiger charge is -2.10. The van der Waals surface area contributed by atoms with Crippen LogP contribution in [0, 0.1) is 0 Å². The Labute approximate surface area is 82.2 Å². The first kappa shape index (κ1) is 9.21. The fraction of sp³-hybridized carbons (Fsp3) is 0.222. The van der Waals surface area contributed by atoms with Gasteiger partial charge in [0.2, 0.25) is 5.91 Å². The number of amides is 1. The highest BCUT2D eigenvalue weighted by Crippen LogP contribution is 2.29. The van der Waals surface area contributed by atoms with Gasteiger partial charge < -0.3 is 0 Å². The average molecular weight is 211 g/mol. The van der Waals surface area contributed by atoms with Crippen molar-refractivity contribution in [1.82, 2.24) is 4.31 Å². The molecule has 0 radical (unpaired) electrons. The number of sulfonamides is 1. The van der Waals surface area contributed by atoms with Gasteiger partial charge in [0.15, 0.2) is 0 Å². The third-order valence-electron chi connectivity index (χ3n) is 2.21. The summed E-state index contributed by atoms with van der Waals surface area (Å²) < 4.78 is 24.3. The Morgan fingerprint density at radius 1 is 1.36 bits per heavy atom. The first-order valence-corrected chi connectivity index (χ1v) is 5.58. The van der Waals surface area contributed by atoms with E-state index in [0.29, 0.717) is 5.56 Å². The van der Waals surface area contributed by atoms with Crippen molar-refractivity contribution in [2.24, 2.45) is 0 Å². The fourth-order valence-electron chi connectivity index (χ4n) is 1.53. The molecule has 2 rings (SSSR count). The Balaban J connectivity index is 2.62. The minimum atomic E-state index is -3.56. The molecule has 0 bridgehead atoms. The van der Waals surface area contributed by atoms with Crippen molar-refractivity contribution in [2.45, 2.75) is 18.4 Å². The number of hydrogen-bond acceptors (Lipinski definition) is 3. The summed E-state index contributed by atoms with van der Waals surface area (Å²) >= 11 is 0. The highest BCUT2D eigenvalue weighted by atomic mass is 32.2. The van der Waals surface area contributed by atoms with E-state index in [0.717, 1.165) is 4.31 Å². The van der Waals surface area contributed by atoms with Gasteiger partial charge in [0.1, 0.15) is 0 Å². The molecule has 1 heterocycles. The third kappa shape index (κ3) is 1.13. The maximum absolute atomic E-state index is 11.7. The molecular weight excluding hydrogens is 202 g/mol. The fourth-order valence-corrected chi connectivity index (χ4v) is 3.12. The van der Waals surface area contributed by atoms with Gasteiger partial charge in [-0.15, -0.1) is 0 Å². The van der Waals surface area contributed by atoms with Crippen molar-refractivity contribution in [3.8, 4) is 0 Å². The molecule has 0 fully saturated rings. The summed E-state index contributed by atoms with van der Waals surface area (Å²) in [6, 6.07) is 6.65. The van der Waals surface area contributed by atoms with Gasteiger partial charge in [0.05, 0.1) is 11.4 Å². The molecule has 1 aromatic rings. The molecule has 5 heteroatoms. The van der Waals surface area contributed by atoms with Gasteiger partial charge in [0, 0.05) is 6.92 Å². The largest absolute Gasteiger partial charge is 0.274 e. The minimum absolute atomic E-state index is 0.161. The Morgan fingerprint density at radius 2 is 2.00 bits per heavy atom. The number of hydrogen-bond donors (Lipinski definition) is 0. The molecule has 1 amide bonds. The second kappa shape index (κ2) is 2.81. The maximum Gasteiger partial charge on any atom is 0.267 e. The standard InChI is InChI=1S/C9H9NO3S/c1-7(11)10-6-8-4-2-3-5-9(8)14(10,12)13/h2-5H,6H2,1H3. The Hall–Kier alpha value is -1.36. The molecule has 0 aromatic heterocycles. The van der Waals surface area contributed by atoms with E-state index in [4.69, 9.17) is 0 Å². The number of nitrogens with zero attached hydrogens (tertiary/aromatic N) is 1. The second-order valence-electron chi connectivity index (χ2n) is 3.14. The molecule has 74 valence electrons. The van der Waals surface area contributed by atoms with Crippen molar-refractivity contribution in [3.05, 3.63) is 29.8 Å². The van der Waals surface area contributed by atoms with Crippen LogP contribution in [0.1, 0.15) is 12.5 Å². The van der Waals surface area contributed by atoms with Crippen LogP contribution in [0.4, 0.5) is 0 Å². The number of fused-ring (bicyclic) bond motifs is 1. The number of benzene rings is 1. The SMILES string of the molecule is CC(=O)N1Cc2ccccc2S1(=O)=O. The second-order valence-corrected chi connectivity index (χ2v) is 4.97. The molecule has 0 saturated carbocycles. The van der Waals surface area contributed by atoms with Crippen LogP contribution in [0.5, 0.6) is 0 Å². The van der Waals surface area contributed by atoms with Gasteiger partial charge in [-0.3, -0.25) is 4.79 Å². The predicted octanol–water partition coefficient (Wildman–Crippen LogP) is 0.737. The summed E-state index contributed by atoms with van der Waals surface area (Å²) in [5.74, 6) is -0.443. The van der Waals surface area contributed by atoms with E-state index in [1.165, 1.54) is 13.0 Å². The lowest BCUT2D eigenvalue weighted by atomic mass is 10.2. The lowest BCUT2D eigenvalue weighted by molar-refractivity contribution is -0.124. The molecule has 0 spiro atoms. The summed E-state index contributed by atoms with van der Waals surface area (Å²) in [6.45, 7) is 1.41. The van der Waals surface area contributed by atoms with Gasteiger partial charge in [0.25, 0.3) is 10.0 Å². The zero-order valence-corrected chi connectivity index (χ0v) is 8.41. The summed E-state index contributed by atoms with van der Waals surface area (Å²) in [7, 11) is -3.56. The van der Waals surface area contributed by atoms with E-state index in [-0.39, 0.29) is 11.4 Å². The zero-order valence-electron chi connectivity index (χ0n) is 7.60. The van der Waals surface area contributed by atoms with Crippen LogP contribution in [-0.2, 0) is 21.4 Å². The van der Waals surface area contributed by atoms with Gasteiger partial charge in [-0.25, -0.2) is 12.7 Å². The molecule has 0 aliphatic carbocycles. The van der Waals surface area contributed by atoms with Crippen LogP contribution >= 0.6 is 0 Å². The van der Waals surface area contributed by atoms with Gasteiger partial charge in [-0.2, -0.15) is 0 Å². The van der Waals surface area contributed by atoms with E-state index in [1.54, 1.807) is 18.2 Å². The maximum atomic E-state index is 11.7. The van der Waals surface area contributed by atoms with Crippen molar-refractivity contribution in [1.29, 1.82) is 0 Å². The molecule has 0 unspecified atom stereocenters. The molecule has 0 N–H and O–H groups in total. The summed E-state index contributed by atoms with van der Waals surface area (Å²) in [5.41, 5.74) is 0.683. The number of carbonyl (C=O) groups excluding carboxylic acids is 1. The van der Waals surface area contributed by atoms with E-state index in [1.807, 2.05) is 0 Å². The Bertz CT molecular complexity index is 493. The van der Waals surface area contributed by atoms with Crippen molar-refractivity contribution >= 4 is 15.9 Å². The normalized spacial score (nSPS) is 17.9. The van der Waals surface area contributed by atoms with Crippen LogP contribution < -0.4 is 0 Å². The van der Waals surface area contributed by atoms with E-state index >= 15 is 0 Å². The van der Waals surface area contributed by atoms with E-state index in [9.17, 15) is 13.2 Å². The first-order chi connectivity index (χ1) is 6.53. The smallest absolute Gasteiger partial charge is 0.267 e. The molecule has 4 nitrogen and oxygen atoms in total. The van der Waals surface area contributed by atoms with Crippen LogP contribution in [-0.4, -0.2) is 18.6 Å². The molecular formula is C9H9NO3S. The number of carbonyl (C=O) groups is 1. The molecule has 0 saturated heterocycles. The summed E-state index contributed by atoms with van der Waals surface area (Å²) in [5, 5.41) is 0. The molecule has 0 atom stereocenters. The first-order valence-electron chi connectivity index (χ1n) is 4.14. The molecule has 1 aromatic carbocycles. The van der Waals surface area contributed by atoms with Crippen molar-refractivity contribution < 1.29 is 13.2 Å². The van der Waals surface area contributed by atoms with Crippen LogP contribution in [0.3, 0.4) is 0 Å². The number of rotatable bonds is 0. The summed E-state index contributed by atoms with van der Waals surface area (Å²) in [4.78, 5) is 11.3. The van der Waals surface area contributed by atoms with Gasteiger partial charge in [-0.05, 0) is 11.6 Å². The molecule has 14 heavy (non-hydrogen) atoms. The highest BCUT2D eigenvalue weighted by molar-refractivity contribution is 7.90. The minimum Gasteiger partial charge on any atom is -0.274 e. The summed E-state index contributed by atoms with van der Waals surface area (Å²) in [6.07, 6.45) is 0. The topological polar surface area (TPSA) is 54.5 Å². The predicted molar refractivity (Wildman–Crippen MR) is 49.9 cm³/mol. The van der Waals surface area contributed by atoms with Gasteiger partial charge in [-0.1, -0.05) is 18.2 Å². The molecule has 1 aliphatic heterocycles. The van der Waals surface area contributed by atoms with Crippen LogP contribution in [0.25, 0.3) is 0 Å².